The van der Waals surface area contributed by atoms with Gasteiger partial charge in [-0.2, -0.15) is 0 Å². The van der Waals surface area contributed by atoms with Crippen LogP contribution in [0.4, 0.5) is 5.69 Å². The van der Waals surface area contributed by atoms with Gasteiger partial charge in [-0.3, -0.25) is 14.9 Å². The minimum absolute atomic E-state index is 0.0298. The van der Waals surface area contributed by atoms with Gasteiger partial charge in [0.15, 0.2) is 0 Å². The first-order valence-corrected chi connectivity index (χ1v) is 7.81. The van der Waals surface area contributed by atoms with Gasteiger partial charge in [0.1, 0.15) is 0 Å². The maximum atomic E-state index is 11.5. The molecule has 24 heavy (non-hydrogen) atoms. The summed E-state index contributed by atoms with van der Waals surface area (Å²) in [5.41, 5.74) is 2.35. The highest BCUT2D eigenvalue weighted by Gasteiger charge is 2.19. The number of amides is 1. The van der Waals surface area contributed by atoms with Crippen molar-refractivity contribution >= 4 is 29.2 Å². The number of carbonyl (C=O) groups excluding carboxylic acids is 2. The minimum atomic E-state index is -0.376. The molecule has 2 aromatic rings. The largest absolute Gasteiger partial charge is 0.468 e. The Balaban J connectivity index is 2.44. The summed E-state index contributed by atoms with van der Waals surface area (Å²) in [6.45, 7) is 1.47. The van der Waals surface area contributed by atoms with E-state index in [1.807, 2.05) is 30.3 Å². The average Bonchev–Trinajstić information content (AvgIpc) is 2.57. The van der Waals surface area contributed by atoms with E-state index in [4.69, 9.17) is 16.3 Å². The fourth-order valence-electron chi connectivity index (χ4n) is 2.39. The molecule has 0 fully saturated rings. The molecule has 2 rings (SSSR count). The Morgan fingerprint density at radius 2 is 1.88 bits per heavy atom. The average molecular weight is 347 g/mol. The van der Waals surface area contributed by atoms with E-state index in [-0.39, 0.29) is 24.5 Å². The first-order chi connectivity index (χ1) is 11.5. The van der Waals surface area contributed by atoms with Crippen LogP contribution in [-0.4, -0.2) is 25.5 Å². The van der Waals surface area contributed by atoms with Crippen LogP contribution in [0.2, 0.25) is 5.02 Å². The number of carbonyl (C=O) groups is 2. The molecule has 0 saturated heterocycles. The van der Waals surface area contributed by atoms with Crippen LogP contribution in [0.15, 0.2) is 48.5 Å². The van der Waals surface area contributed by atoms with Crippen molar-refractivity contribution in [2.45, 2.75) is 13.0 Å². The normalized spacial score (nSPS) is 11.6. The van der Waals surface area contributed by atoms with Crippen molar-refractivity contribution in [1.29, 1.82) is 0 Å². The molecule has 0 aliphatic carbocycles. The zero-order valence-electron chi connectivity index (χ0n) is 13.5. The lowest BCUT2D eigenvalue weighted by Gasteiger charge is -2.22. The maximum Gasteiger partial charge on any atom is 0.319 e. The number of ether oxygens (including phenoxy) is 1. The van der Waals surface area contributed by atoms with Gasteiger partial charge in [0.25, 0.3) is 0 Å². The van der Waals surface area contributed by atoms with E-state index in [0.717, 1.165) is 11.1 Å². The molecule has 1 amide bonds. The standard InChI is InChI=1S/C18H19ClN2O3/c1-12(22)21-16-9-8-14(19)10-15(16)18(20-11-17(23)24-2)13-6-4-3-5-7-13/h3-10,18,20H,11H2,1-2H3,(H,21,22)/t18-/m1/s1. The van der Waals surface area contributed by atoms with Crippen LogP contribution in [0.5, 0.6) is 0 Å². The van der Waals surface area contributed by atoms with Crippen LogP contribution in [0.3, 0.4) is 0 Å². The van der Waals surface area contributed by atoms with Gasteiger partial charge in [0.05, 0.1) is 19.7 Å². The number of nitrogens with one attached hydrogen (secondary N) is 2. The third-order valence-electron chi connectivity index (χ3n) is 3.45. The third kappa shape index (κ3) is 4.81. The Kier molecular flexibility index (Phi) is 6.35. The Morgan fingerprint density at radius 3 is 2.50 bits per heavy atom. The highest BCUT2D eigenvalue weighted by Crippen LogP contribution is 2.31. The molecule has 2 N–H and O–H groups in total. The first-order valence-electron chi connectivity index (χ1n) is 7.43. The van der Waals surface area contributed by atoms with Crippen molar-refractivity contribution < 1.29 is 14.3 Å². The van der Waals surface area contributed by atoms with Crippen molar-refractivity contribution in [3.63, 3.8) is 0 Å². The van der Waals surface area contributed by atoms with Crippen molar-refractivity contribution in [2.75, 3.05) is 19.0 Å². The predicted molar refractivity (Wildman–Crippen MR) is 94.1 cm³/mol. The van der Waals surface area contributed by atoms with Crippen LogP contribution >= 0.6 is 11.6 Å². The molecule has 0 heterocycles. The van der Waals surface area contributed by atoms with E-state index in [1.54, 1.807) is 18.2 Å². The van der Waals surface area contributed by atoms with Crippen LogP contribution in [0, 0.1) is 0 Å². The van der Waals surface area contributed by atoms with E-state index in [0.29, 0.717) is 10.7 Å². The predicted octanol–water partition coefficient (Wildman–Crippen LogP) is 3.15. The molecule has 0 aliphatic heterocycles. The van der Waals surface area contributed by atoms with Gasteiger partial charge in [-0.15, -0.1) is 0 Å². The van der Waals surface area contributed by atoms with Gasteiger partial charge in [0.2, 0.25) is 5.91 Å². The molecular formula is C18H19ClN2O3. The summed E-state index contributed by atoms with van der Waals surface area (Å²) >= 11 is 6.14. The van der Waals surface area contributed by atoms with Crippen LogP contribution in [-0.2, 0) is 14.3 Å². The number of rotatable bonds is 6. The maximum absolute atomic E-state index is 11.5. The lowest BCUT2D eigenvalue weighted by Crippen LogP contribution is -2.29. The minimum Gasteiger partial charge on any atom is -0.468 e. The van der Waals surface area contributed by atoms with Crippen LogP contribution in [0.25, 0.3) is 0 Å². The Bertz CT molecular complexity index is 719. The van der Waals surface area contributed by atoms with Gasteiger partial charge >= 0.3 is 5.97 Å². The molecule has 0 bridgehead atoms. The lowest BCUT2D eigenvalue weighted by atomic mass is 9.97. The van der Waals surface area contributed by atoms with Gasteiger partial charge in [-0.25, -0.2) is 0 Å². The molecule has 0 aliphatic rings. The number of hydrogen-bond acceptors (Lipinski definition) is 4. The fourth-order valence-corrected chi connectivity index (χ4v) is 2.57. The first kappa shape index (κ1) is 18.0. The number of benzene rings is 2. The molecule has 0 unspecified atom stereocenters. The summed E-state index contributed by atoms with van der Waals surface area (Å²) in [6.07, 6.45) is 0. The van der Waals surface area contributed by atoms with Crippen molar-refractivity contribution in [2.24, 2.45) is 0 Å². The van der Waals surface area contributed by atoms with Gasteiger partial charge in [-0.05, 0) is 29.3 Å². The number of methoxy groups -OCH3 is 1. The topological polar surface area (TPSA) is 67.4 Å². The van der Waals surface area contributed by atoms with Crippen LogP contribution < -0.4 is 10.6 Å². The SMILES string of the molecule is COC(=O)CN[C@H](c1ccccc1)c1cc(Cl)ccc1NC(C)=O. The summed E-state index contributed by atoms with van der Waals surface area (Å²) in [6, 6.07) is 14.5. The molecule has 0 aromatic heterocycles. The molecule has 2 aromatic carbocycles. The summed E-state index contributed by atoms with van der Waals surface area (Å²) < 4.78 is 4.69. The Labute approximate surface area is 146 Å². The smallest absolute Gasteiger partial charge is 0.319 e. The highest BCUT2D eigenvalue weighted by atomic mass is 35.5. The van der Waals surface area contributed by atoms with Crippen molar-refractivity contribution in [1.82, 2.24) is 5.32 Å². The van der Waals surface area contributed by atoms with E-state index >= 15 is 0 Å². The highest BCUT2D eigenvalue weighted by molar-refractivity contribution is 6.30. The van der Waals surface area contributed by atoms with E-state index in [1.165, 1.54) is 14.0 Å². The van der Waals surface area contributed by atoms with Crippen molar-refractivity contribution in [3.05, 3.63) is 64.7 Å². The summed E-state index contributed by atoms with van der Waals surface area (Å²) in [5.74, 6) is -0.558. The Morgan fingerprint density at radius 1 is 1.17 bits per heavy atom. The van der Waals surface area contributed by atoms with Crippen molar-refractivity contribution in [3.8, 4) is 0 Å². The van der Waals surface area contributed by atoms with E-state index in [9.17, 15) is 9.59 Å². The lowest BCUT2D eigenvalue weighted by molar-refractivity contribution is -0.139. The molecule has 6 heteroatoms. The van der Waals surface area contributed by atoms with Crippen LogP contribution in [0.1, 0.15) is 24.1 Å². The molecule has 0 spiro atoms. The second-order valence-corrected chi connectivity index (χ2v) is 5.65. The molecule has 0 saturated carbocycles. The quantitative estimate of drug-likeness (QED) is 0.788. The van der Waals surface area contributed by atoms with E-state index in [2.05, 4.69) is 10.6 Å². The number of hydrogen-bond donors (Lipinski definition) is 2. The second kappa shape index (κ2) is 8.47. The molecule has 1 atom stereocenters. The third-order valence-corrected chi connectivity index (χ3v) is 3.68. The zero-order chi connectivity index (χ0) is 17.5. The van der Waals surface area contributed by atoms with E-state index < -0.39 is 0 Å². The second-order valence-electron chi connectivity index (χ2n) is 5.21. The summed E-state index contributed by atoms with van der Waals surface area (Å²) in [4.78, 5) is 23.0. The van der Waals surface area contributed by atoms with Gasteiger partial charge in [0, 0.05) is 17.6 Å². The number of halogens is 1. The summed E-state index contributed by atoms with van der Waals surface area (Å²) in [7, 11) is 1.34. The molecule has 126 valence electrons. The number of esters is 1. The number of anilines is 1. The Hall–Kier alpha value is -2.37. The molecule has 0 radical (unpaired) electrons. The van der Waals surface area contributed by atoms with Gasteiger partial charge < -0.3 is 10.1 Å². The van der Waals surface area contributed by atoms with Gasteiger partial charge in [-0.1, -0.05) is 41.9 Å². The monoisotopic (exact) mass is 346 g/mol. The summed E-state index contributed by atoms with van der Waals surface area (Å²) in [5, 5.41) is 6.50. The zero-order valence-corrected chi connectivity index (χ0v) is 14.3. The fraction of sp³-hybridized carbons (Fsp3) is 0.222. The molecular weight excluding hydrogens is 328 g/mol. The molecule has 5 nitrogen and oxygen atoms in total.